The monoisotopic (exact) mass is 404 g/mol. The molecule has 1 aromatic carbocycles. The number of sulfonamides is 1. The molecule has 28 heavy (non-hydrogen) atoms. The van der Waals surface area contributed by atoms with Gasteiger partial charge in [-0.1, -0.05) is 18.9 Å². The fourth-order valence-electron chi connectivity index (χ4n) is 3.32. The van der Waals surface area contributed by atoms with Crippen LogP contribution in [0.4, 0.5) is 11.4 Å². The van der Waals surface area contributed by atoms with Crippen LogP contribution in [0.5, 0.6) is 0 Å². The Morgan fingerprint density at radius 2 is 1.86 bits per heavy atom. The van der Waals surface area contributed by atoms with Crippen molar-refractivity contribution >= 4 is 21.4 Å². The lowest BCUT2D eigenvalue weighted by molar-refractivity contribution is -0.384. The first kappa shape index (κ1) is 20.2. The summed E-state index contributed by atoms with van der Waals surface area (Å²) in [4.78, 5) is 15.2. The van der Waals surface area contributed by atoms with Gasteiger partial charge in [0, 0.05) is 25.4 Å². The van der Waals surface area contributed by atoms with Gasteiger partial charge in [0.15, 0.2) is 0 Å². The van der Waals surface area contributed by atoms with Gasteiger partial charge in [-0.3, -0.25) is 15.1 Å². The molecule has 1 saturated heterocycles. The SMILES string of the molecule is CC(Nc1ccc(S(=O)(=O)N2CCCCCC2)cc1[N+](=O)[O-])c1ccccn1. The van der Waals surface area contributed by atoms with E-state index in [-0.39, 0.29) is 22.3 Å². The van der Waals surface area contributed by atoms with Crippen LogP contribution in [-0.2, 0) is 10.0 Å². The summed E-state index contributed by atoms with van der Waals surface area (Å²) in [5.74, 6) is 0. The molecule has 1 N–H and O–H groups in total. The van der Waals surface area contributed by atoms with E-state index >= 15 is 0 Å². The van der Waals surface area contributed by atoms with Gasteiger partial charge in [0.05, 0.1) is 21.6 Å². The molecular weight excluding hydrogens is 380 g/mol. The number of nitrogens with zero attached hydrogens (tertiary/aromatic N) is 3. The molecule has 1 aliphatic rings. The van der Waals surface area contributed by atoms with Gasteiger partial charge in [-0.05, 0) is 44.0 Å². The molecule has 0 aliphatic carbocycles. The maximum absolute atomic E-state index is 12.9. The van der Waals surface area contributed by atoms with Crippen molar-refractivity contribution < 1.29 is 13.3 Å². The van der Waals surface area contributed by atoms with Crippen molar-refractivity contribution in [1.82, 2.24) is 9.29 Å². The van der Waals surface area contributed by atoms with E-state index in [9.17, 15) is 18.5 Å². The van der Waals surface area contributed by atoms with Crippen LogP contribution in [0.25, 0.3) is 0 Å². The molecule has 150 valence electrons. The summed E-state index contributed by atoms with van der Waals surface area (Å²) in [5, 5.41) is 14.7. The molecule has 0 saturated carbocycles. The van der Waals surface area contributed by atoms with Gasteiger partial charge in [-0.15, -0.1) is 0 Å². The minimum absolute atomic E-state index is 0.0443. The maximum atomic E-state index is 12.9. The highest BCUT2D eigenvalue weighted by Gasteiger charge is 2.28. The predicted molar refractivity (Wildman–Crippen MR) is 107 cm³/mol. The van der Waals surface area contributed by atoms with Crippen LogP contribution in [0.15, 0.2) is 47.5 Å². The third kappa shape index (κ3) is 4.48. The summed E-state index contributed by atoms with van der Waals surface area (Å²) in [6, 6.07) is 9.22. The predicted octanol–water partition coefficient (Wildman–Crippen LogP) is 3.73. The van der Waals surface area contributed by atoms with Crippen molar-refractivity contribution in [2.24, 2.45) is 0 Å². The second kappa shape index (κ2) is 8.66. The summed E-state index contributed by atoms with van der Waals surface area (Å²) in [6.07, 6.45) is 5.27. The Morgan fingerprint density at radius 1 is 1.14 bits per heavy atom. The largest absolute Gasteiger partial charge is 0.371 e. The highest BCUT2D eigenvalue weighted by molar-refractivity contribution is 7.89. The summed E-state index contributed by atoms with van der Waals surface area (Å²) in [5.41, 5.74) is 0.731. The fourth-order valence-corrected chi connectivity index (χ4v) is 4.85. The molecule has 1 aliphatic heterocycles. The number of nitrogens with one attached hydrogen (secondary N) is 1. The molecule has 1 unspecified atom stereocenters. The van der Waals surface area contributed by atoms with Crippen molar-refractivity contribution in [2.75, 3.05) is 18.4 Å². The zero-order chi connectivity index (χ0) is 20.1. The summed E-state index contributed by atoms with van der Waals surface area (Å²) in [7, 11) is -3.75. The van der Waals surface area contributed by atoms with E-state index in [2.05, 4.69) is 10.3 Å². The van der Waals surface area contributed by atoms with Crippen molar-refractivity contribution in [3.8, 4) is 0 Å². The lowest BCUT2D eigenvalue weighted by Gasteiger charge is -2.20. The summed E-state index contributed by atoms with van der Waals surface area (Å²) >= 11 is 0. The Balaban J connectivity index is 1.89. The molecule has 1 fully saturated rings. The Kier molecular flexibility index (Phi) is 6.25. The number of anilines is 1. The quantitative estimate of drug-likeness (QED) is 0.581. The first-order valence-electron chi connectivity index (χ1n) is 9.35. The third-order valence-corrected chi connectivity index (χ3v) is 6.77. The average molecular weight is 404 g/mol. The zero-order valence-electron chi connectivity index (χ0n) is 15.7. The number of aromatic nitrogens is 1. The number of hydrogen-bond donors (Lipinski definition) is 1. The lowest BCUT2D eigenvalue weighted by atomic mass is 10.2. The van der Waals surface area contributed by atoms with Gasteiger partial charge in [-0.2, -0.15) is 4.31 Å². The van der Waals surface area contributed by atoms with Gasteiger partial charge in [0.1, 0.15) is 5.69 Å². The molecule has 1 aromatic heterocycles. The standard InChI is InChI=1S/C19H24N4O4S/c1-15(17-8-4-5-11-20-17)21-18-10-9-16(14-19(18)23(24)25)28(26,27)22-12-6-2-3-7-13-22/h4-5,8-11,14-15,21H,2-3,6-7,12-13H2,1H3. The van der Waals surface area contributed by atoms with Crippen LogP contribution in [-0.4, -0.2) is 35.7 Å². The van der Waals surface area contributed by atoms with Gasteiger partial charge in [0.25, 0.3) is 5.69 Å². The van der Waals surface area contributed by atoms with Crippen LogP contribution in [0.3, 0.4) is 0 Å². The van der Waals surface area contributed by atoms with Crippen LogP contribution in [0, 0.1) is 10.1 Å². The van der Waals surface area contributed by atoms with Crippen molar-refractivity contribution in [1.29, 1.82) is 0 Å². The van der Waals surface area contributed by atoms with E-state index in [1.165, 1.54) is 16.4 Å². The smallest absolute Gasteiger partial charge is 0.293 e. The highest BCUT2D eigenvalue weighted by Crippen LogP contribution is 2.32. The molecule has 0 bridgehead atoms. The van der Waals surface area contributed by atoms with Crippen LogP contribution < -0.4 is 5.32 Å². The normalized spacial score (nSPS) is 16.9. The van der Waals surface area contributed by atoms with Gasteiger partial charge in [0.2, 0.25) is 10.0 Å². The molecule has 8 nitrogen and oxygen atoms in total. The Hall–Kier alpha value is -2.52. The molecule has 0 amide bonds. The Labute approximate surface area is 164 Å². The van der Waals surface area contributed by atoms with Crippen molar-refractivity contribution in [2.45, 2.75) is 43.5 Å². The van der Waals surface area contributed by atoms with E-state index in [1.807, 2.05) is 19.1 Å². The number of nitro benzene ring substituents is 1. The van der Waals surface area contributed by atoms with Gasteiger partial charge in [-0.25, -0.2) is 8.42 Å². The second-order valence-electron chi connectivity index (χ2n) is 6.87. The zero-order valence-corrected chi connectivity index (χ0v) is 16.6. The minimum Gasteiger partial charge on any atom is -0.371 e. The Morgan fingerprint density at radius 3 is 2.46 bits per heavy atom. The molecule has 2 aromatic rings. The van der Waals surface area contributed by atoms with E-state index in [0.29, 0.717) is 13.1 Å². The molecule has 3 rings (SSSR count). The minimum atomic E-state index is -3.75. The number of pyridine rings is 1. The number of nitro groups is 1. The number of rotatable bonds is 6. The molecule has 1 atom stereocenters. The molecule has 0 radical (unpaired) electrons. The molecule has 9 heteroatoms. The molecule has 0 spiro atoms. The van der Waals surface area contributed by atoms with Gasteiger partial charge >= 0.3 is 0 Å². The van der Waals surface area contributed by atoms with Crippen LogP contribution in [0.2, 0.25) is 0 Å². The average Bonchev–Trinajstić information content (AvgIpc) is 2.98. The summed E-state index contributed by atoms with van der Waals surface area (Å²) in [6.45, 7) is 2.74. The lowest BCUT2D eigenvalue weighted by Crippen LogP contribution is -2.32. The third-order valence-electron chi connectivity index (χ3n) is 4.87. The summed E-state index contributed by atoms with van der Waals surface area (Å²) < 4.78 is 27.3. The van der Waals surface area contributed by atoms with E-state index < -0.39 is 14.9 Å². The maximum Gasteiger partial charge on any atom is 0.293 e. The Bertz CT molecular complexity index is 926. The number of benzene rings is 1. The van der Waals surface area contributed by atoms with Crippen molar-refractivity contribution in [3.05, 3.63) is 58.4 Å². The first-order chi connectivity index (χ1) is 13.4. The van der Waals surface area contributed by atoms with E-state index in [1.54, 1.807) is 12.3 Å². The van der Waals surface area contributed by atoms with Crippen molar-refractivity contribution in [3.63, 3.8) is 0 Å². The first-order valence-corrected chi connectivity index (χ1v) is 10.8. The topological polar surface area (TPSA) is 105 Å². The number of hydrogen-bond acceptors (Lipinski definition) is 6. The van der Waals surface area contributed by atoms with E-state index in [4.69, 9.17) is 0 Å². The molecular formula is C19H24N4O4S. The van der Waals surface area contributed by atoms with Crippen LogP contribution >= 0.6 is 0 Å². The van der Waals surface area contributed by atoms with Crippen LogP contribution in [0.1, 0.15) is 44.3 Å². The van der Waals surface area contributed by atoms with E-state index in [0.717, 1.165) is 37.4 Å². The second-order valence-corrected chi connectivity index (χ2v) is 8.81. The fraction of sp³-hybridized carbons (Fsp3) is 0.421. The molecule has 2 heterocycles. The highest BCUT2D eigenvalue weighted by atomic mass is 32.2. The van der Waals surface area contributed by atoms with Gasteiger partial charge < -0.3 is 5.32 Å².